The van der Waals surface area contributed by atoms with Gasteiger partial charge in [-0.15, -0.1) is 0 Å². The minimum atomic E-state index is -4.48. The zero-order valence-corrected chi connectivity index (χ0v) is 11.8. The average molecular weight is 322 g/mol. The molecule has 0 unspecified atom stereocenters. The Kier molecular flexibility index (Phi) is 4.63. The highest BCUT2D eigenvalue weighted by Gasteiger charge is 2.31. The van der Waals surface area contributed by atoms with Crippen LogP contribution < -0.4 is 11.1 Å². The van der Waals surface area contributed by atoms with Gasteiger partial charge in [-0.05, 0) is 37.1 Å². The van der Waals surface area contributed by atoms with E-state index in [1.54, 1.807) is 0 Å². The summed E-state index contributed by atoms with van der Waals surface area (Å²) < 4.78 is 38.0. The van der Waals surface area contributed by atoms with Gasteiger partial charge >= 0.3 is 12.2 Å². The maximum Gasteiger partial charge on any atom is 0.416 e. The van der Waals surface area contributed by atoms with Gasteiger partial charge in [0.25, 0.3) is 0 Å². The monoisotopic (exact) mass is 321 g/mol. The normalized spacial score (nSPS) is 18.9. The Bertz CT molecular complexity index is 536. The minimum Gasteiger partial charge on any atom is -0.330 e. The number of nitrogens with zero attached hydrogens (tertiary/aromatic N) is 1. The first-order valence-electron chi connectivity index (χ1n) is 6.44. The van der Waals surface area contributed by atoms with Gasteiger partial charge in [0.1, 0.15) is 0 Å². The summed E-state index contributed by atoms with van der Waals surface area (Å²) in [6.07, 6.45) is -3.69. The van der Waals surface area contributed by atoms with Crippen LogP contribution in [0.25, 0.3) is 0 Å². The van der Waals surface area contributed by atoms with Crippen molar-refractivity contribution in [2.24, 2.45) is 11.7 Å². The van der Waals surface area contributed by atoms with Crippen molar-refractivity contribution in [3.8, 4) is 0 Å². The lowest BCUT2D eigenvalue weighted by atomic mass is 10.1. The molecule has 0 aromatic heterocycles. The molecule has 3 N–H and O–H groups in total. The SMILES string of the molecule is NC[C@@H]1CCN(C(=O)Nc2cc(C(F)(F)F)ccc2Cl)C1. The lowest BCUT2D eigenvalue weighted by molar-refractivity contribution is -0.137. The summed E-state index contributed by atoms with van der Waals surface area (Å²) in [6.45, 7) is 1.51. The van der Waals surface area contributed by atoms with E-state index in [-0.39, 0.29) is 16.6 Å². The van der Waals surface area contributed by atoms with Crippen molar-refractivity contribution in [1.82, 2.24) is 4.90 Å². The molecule has 4 nitrogen and oxygen atoms in total. The molecule has 0 saturated carbocycles. The largest absolute Gasteiger partial charge is 0.416 e. The number of urea groups is 1. The molecule has 1 aliphatic heterocycles. The fraction of sp³-hybridized carbons (Fsp3) is 0.462. The number of nitrogens with one attached hydrogen (secondary N) is 1. The molecule has 0 radical (unpaired) electrons. The van der Waals surface area contributed by atoms with Gasteiger partial charge in [-0.2, -0.15) is 13.2 Å². The maximum absolute atomic E-state index is 12.7. The van der Waals surface area contributed by atoms with E-state index in [9.17, 15) is 18.0 Å². The predicted octanol–water partition coefficient (Wildman–Crippen LogP) is 3.17. The van der Waals surface area contributed by atoms with Gasteiger partial charge in [0, 0.05) is 13.1 Å². The van der Waals surface area contributed by atoms with Crippen molar-refractivity contribution in [3.05, 3.63) is 28.8 Å². The lowest BCUT2D eigenvalue weighted by Gasteiger charge is -2.18. The van der Waals surface area contributed by atoms with E-state index in [2.05, 4.69) is 5.32 Å². The molecule has 1 aromatic rings. The fourth-order valence-corrected chi connectivity index (χ4v) is 2.37. The summed E-state index contributed by atoms with van der Waals surface area (Å²) in [5.41, 5.74) is 4.63. The third kappa shape index (κ3) is 3.79. The van der Waals surface area contributed by atoms with Gasteiger partial charge in [0.2, 0.25) is 0 Å². The van der Waals surface area contributed by atoms with Crippen molar-refractivity contribution >= 4 is 23.3 Å². The van der Waals surface area contributed by atoms with Crippen LogP contribution in [0.2, 0.25) is 5.02 Å². The third-order valence-electron chi connectivity index (χ3n) is 3.44. The van der Waals surface area contributed by atoms with Gasteiger partial charge in [-0.3, -0.25) is 0 Å². The summed E-state index contributed by atoms with van der Waals surface area (Å²) in [7, 11) is 0. The molecule has 1 saturated heterocycles. The van der Waals surface area contributed by atoms with Crippen molar-refractivity contribution in [3.63, 3.8) is 0 Å². The Morgan fingerprint density at radius 3 is 2.76 bits per heavy atom. The molecule has 116 valence electrons. The molecule has 1 fully saturated rings. The number of hydrogen-bond acceptors (Lipinski definition) is 2. The van der Waals surface area contributed by atoms with Gasteiger partial charge in [0.05, 0.1) is 16.3 Å². The zero-order chi connectivity index (χ0) is 15.6. The summed E-state index contributed by atoms with van der Waals surface area (Å²) in [4.78, 5) is 13.5. The molecule has 1 aromatic carbocycles. The number of nitrogens with two attached hydrogens (primary N) is 1. The average Bonchev–Trinajstić information content (AvgIpc) is 2.88. The third-order valence-corrected chi connectivity index (χ3v) is 3.77. The highest BCUT2D eigenvalue weighted by Crippen LogP contribution is 2.34. The Morgan fingerprint density at radius 2 is 2.19 bits per heavy atom. The highest BCUT2D eigenvalue weighted by atomic mass is 35.5. The Morgan fingerprint density at radius 1 is 1.48 bits per heavy atom. The first kappa shape index (κ1) is 15.9. The van der Waals surface area contributed by atoms with E-state index in [0.717, 1.165) is 24.6 Å². The van der Waals surface area contributed by atoms with Crippen molar-refractivity contribution in [2.45, 2.75) is 12.6 Å². The van der Waals surface area contributed by atoms with Crippen LogP contribution in [0.4, 0.5) is 23.7 Å². The molecular formula is C13H15ClF3N3O. The van der Waals surface area contributed by atoms with Crippen LogP contribution in [0.3, 0.4) is 0 Å². The van der Waals surface area contributed by atoms with Gasteiger partial charge in [-0.1, -0.05) is 11.6 Å². The topological polar surface area (TPSA) is 58.4 Å². The zero-order valence-electron chi connectivity index (χ0n) is 11.1. The molecule has 0 bridgehead atoms. The summed E-state index contributed by atoms with van der Waals surface area (Å²) in [5, 5.41) is 2.48. The van der Waals surface area contributed by atoms with Crippen LogP contribution in [0.5, 0.6) is 0 Å². The van der Waals surface area contributed by atoms with Gasteiger partial charge in [0.15, 0.2) is 0 Å². The first-order chi connectivity index (χ1) is 9.81. The van der Waals surface area contributed by atoms with Crippen LogP contribution in [0.15, 0.2) is 18.2 Å². The van der Waals surface area contributed by atoms with Crippen LogP contribution >= 0.6 is 11.6 Å². The minimum absolute atomic E-state index is 0.0484. The molecule has 21 heavy (non-hydrogen) atoms. The van der Waals surface area contributed by atoms with Crippen LogP contribution in [0, 0.1) is 5.92 Å². The van der Waals surface area contributed by atoms with Crippen molar-refractivity contribution < 1.29 is 18.0 Å². The standard InChI is InChI=1S/C13H15ClF3N3O/c14-10-2-1-9(13(15,16)17)5-11(10)19-12(21)20-4-3-8(6-18)7-20/h1-2,5,8H,3-4,6-7,18H2,(H,19,21)/t8-/m0/s1. The molecule has 2 rings (SSSR count). The number of alkyl halides is 3. The molecular weight excluding hydrogens is 307 g/mol. The van der Waals surface area contributed by atoms with Crippen LogP contribution in [-0.2, 0) is 6.18 Å². The molecule has 0 spiro atoms. The Hall–Kier alpha value is -1.47. The second-order valence-electron chi connectivity index (χ2n) is 4.96. The summed E-state index contributed by atoms with van der Waals surface area (Å²) in [5.74, 6) is 0.229. The Labute approximate surface area is 125 Å². The second kappa shape index (κ2) is 6.11. The Balaban J connectivity index is 2.10. The van der Waals surface area contributed by atoms with Gasteiger partial charge < -0.3 is 16.0 Å². The number of amides is 2. The smallest absolute Gasteiger partial charge is 0.330 e. The number of hydrogen-bond donors (Lipinski definition) is 2. The number of halogens is 4. The van der Waals surface area contributed by atoms with Crippen LogP contribution in [-0.4, -0.2) is 30.6 Å². The second-order valence-corrected chi connectivity index (χ2v) is 5.37. The van der Waals surface area contributed by atoms with E-state index in [4.69, 9.17) is 17.3 Å². The van der Waals surface area contributed by atoms with E-state index in [1.165, 1.54) is 4.90 Å². The van der Waals surface area contributed by atoms with E-state index < -0.39 is 17.8 Å². The van der Waals surface area contributed by atoms with Gasteiger partial charge in [-0.25, -0.2) is 4.79 Å². The summed E-state index contributed by atoms with van der Waals surface area (Å²) in [6, 6.07) is 2.36. The maximum atomic E-state index is 12.7. The fourth-order valence-electron chi connectivity index (χ4n) is 2.20. The van der Waals surface area contributed by atoms with Crippen molar-refractivity contribution in [2.75, 3.05) is 25.0 Å². The van der Waals surface area contributed by atoms with Crippen molar-refractivity contribution in [1.29, 1.82) is 0 Å². The molecule has 8 heteroatoms. The molecule has 0 aliphatic carbocycles. The number of carbonyl (C=O) groups excluding carboxylic acids is 1. The van der Waals surface area contributed by atoms with Crippen LogP contribution in [0.1, 0.15) is 12.0 Å². The number of anilines is 1. The van der Waals surface area contributed by atoms with E-state index in [1.807, 2.05) is 0 Å². The van der Waals surface area contributed by atoms with E-state index in [0.29, 0.717) is 19.6 Å². The number of rotatable bonds is 2. The number of likely N-dealkylation sites (tertiary alicyclic amines) is 1. The molecule has 1 heterocycles. The number of carbonyl (C=O) groups is 1. The van der Waals surface area contributed by atoms with E-state index >= 15 is 0 Å². The number of benzene rings is 1. The molecule has 1 aliphatic rings. The summed E-state index contributed by atoms with van der Waals surface area (Å²) >= 11 is 5.83. The lowest BCUT2D eigenvalue weighted by Crippen LogP contribution is -2.33. The predicted molar refractivity (Wildman–Crippen MR) is 74.2 cm³/mol. The highest BCUT2D eigenvalue weighted by molar-refractivity contribution is 6.33. The first-order valence-corrected chi connectivity index (χ1v) is 6.82. The molecule has 1 atom stereocenters. The molecule has 2 amide bonds. The quantitative estimate of drug-likeness (QED) is 0.879.